The summed E-state index contributed by atoms with van der Waals surface area (Å²) in [7, 11) is 0. The maximum absolute atomic E-state index is 13.9. The van der Waals surface area contributed by atoms with E-state index in [9.17, 15) is 18.4 Å². The highest BCUT2D eigenvalue weighted by atomic mass is 32.2. The van der Waals surface area contributed by atoms with Gasteiger partial charge in [-0.15, -0.1) is 23.1 Å². The van der Waals surface area contributed by atoms with Crippen LogP contribution in [0.25, 0.3) is 10.2 Å². The van der Waals surface area contributed by atoms with Crippen molar-refractivity contribution in [3.63, 3.8) is 0 Å². The minimum absolute atomic E-state index is 0.0186. The minimum Gasteiger partial charge on any atom is -0.481 e. The lowest BCUT2D eigenvalue weighted by Crippen LogP contribution is -2.41. The van der Waals surface area contributed by atoms with Crippen molar-refractivity contribution in [3.8, 4) is 0 Å². The van der Waals surface area contributed by atoms with E-state index in [0.29, 0.717) is 10.7 Å². The Hall–Kier alpha value is -2.52. The Balaban J connectivity index is 1.73. The van der Waals surface area contributed by atoms with Crippen LogP contribution in [0.1, 0.15) is 11.4 Å². The molecule has 27 heavy (non-hydrogen) atoms. The monoisotopic (exact) mass is 406 g/mol. The predicted molar refractivity (Wildman–Crippen MR) is 99.1 cm³/mol. The summed E-state index contributed by atoms with van der Waals surface area (Å²) in [5, 5.41) is 8.70. The van der Waals surface area contributed by atoms with Gasteiger partial charge in [-0.25, -0.2) is 13.8 Å². The highest BCUT2D eigenvalue weighted by molar-refractivity contribution is 8.01. The fraction of sp³-hybridized carbons (Fsp3) is 0.167. The molecule has 2 heterocycles. The van der Waals surface area contributed by atoms with Gasteiger partial charge in [0.1, 0.15) is 16.3 Å². The molecule has 0 spiro atoms. The first kappa shape index (κ1) is 17.9. The van der Waals surface area contributed by atoms with Crippen molar-refractivity contribution in [2.75, 3.05) is 4.90 Å². The average molecular weight is 406 g/mol. The molecule has 9 heteroatoms. The van der Waals surface area contributed by atoms with Crippen molar-refractivity contribution < 1.29 is 23.5 Å². The Morgan fingerprint density at radius 2 is 1.93 bits per heavy atom. The predicted octanol–water partition coefficient (Wildman–Crippen LogP) is 4.06. The maximum Gasteiger partial charge on any atom is 0.305 e. The van der Waals surface area contributed by atoms with Crippen molar-refractivity contribution in [1.29, 1.82) is 0 Å². The van der Waals surface area contributed by atoms with Gasteiger partial charge in [0.05, 0.1) is 28.6 Å². The molecule has 5 nitrogen and oxygen atoms in total. The van der Waals surface area contributed by atoms with E-state index in [1.165, 1.54) is 16.7 Å². The number of amides is 1. The number of para-hydroxylation sites is 1. The third-order valence-corrected chi connectivity index (χ3v) is 6.41. The molecule has 1 amide bonds. The van der Waals surface area contributed by atoms with E-state index in [4.69, 9.17) is 5.11 Å². The van der Waals surface area contributed by atoms with E-state index in [2.05, 4.69) is 4.98 Å². The lowest BCUT2D eigenvalue weighted by Gasteiger charge is -2.32. The fourth-order valence-corrected chi connectivity index (χ4v) is 5.11. The van der Waals surface area contributed by atoms with Crippen LogP contribution < -0.4 is 4.90 Å². The number of anilines is 1. The third kappa shape index (κ3) is 3.28. The highest BCUT2D eigenvalue weighted by Gasteiger charge is 2.35. The summed E-state index contributed by atoms with van der Waals surface area (Å²) in [6, 6.07) is 9.20. The van der Waals surface area contributed by atoms with E-state index in [1.54, 1.807) is 18.2 Å². The molecule has 138 valence electrons. The molecule has 1 aromatic heterocycles. The number of carboxylic acids is 1. The molecule has 1 unspecified atom stereocenters. The van der Waals surface area contributed by atoms with E-state index < -0.39 is 22.9 Å². The van der Waals surface area contributed by atoms with Gasteiger partial charge in [-0.2, -0.15) is 0 Å². The van der Waals surface area contributed by atoms with Gasteiger partial charge in [-0.05, 0) is 24.3 Å². The lowest BCUT2D eigenvalue weighted by molar-refractivity contribution is -0.138. The Bertz CT molecular complexity index is 1030. The smallest absolute Gasteiger partial charge is 0.305 e. The standard InChI is InChI=1S/C18H12F2N2O3S2/c19-9-5-6-10(20)17-16(9)21-14(27-17)8-22-11-3-1-2-4-12(11)26-13(18(22)25)7-15(23)24/h1-6,13H,7-8H2,(H,23,24). The number of hydrogen-bond acceptors (Lipinski definition) is 5. The molecular weight excluding hydrogens is 394 g/mol. The molecule has 0 radical (unpaired) electrons. The molecular formula is C18H12F2N2O3S2. The normalized spacial score (nSPS) is 16.6. The Labute approximate surface area is 160 Å². The van der Waals surface area contributed by atoms with Gasteiger partial charge in [0, 0.05) is 4.90 Å². The lowest BCUT2D eigenvalue weighted by atomic mass is 10.2. The van der Waals surface area contributed by atoms with E-state index in [1.807, 2.05) is 6.07 Å². The van der Waals surface area contributed by atoms with Crippen molar-refractivity contribution >= 4 is 50.9 Å². The number of thioether (sulfide) groups is 1. The molecule has 4 rings (SSSR count). The van der Waals surface area contributed by atoms with Gasteiger partial charge in [0.2, 0.25) is 5.91 Å². The number of thiazole rings is 1. The molecule has 2 aromatic carbocycles. The number of carbonyl (C=O) groups excluding carboxylic acids is 1. The molecule has 1 aliphatic rings. The second-order valence-corrected chi connectivity index (χ2v) is 8.24. The first-order chi connectivity index (χ1) is 12.9. The van der Waals surface area contributed by atoms with Gasteiger partial charge in [-0.1, -0.05) is 12.1 Å². The number of rotatable bonds is 4. The molecule has 0 aliphatic carbocycles. The van der Waals surface area contributed by atoms with E-state index in [0.717, 1.165) is 28.4 Å². The van der Waals surface area contributed by atoms with Gasteiger partial charge in [0.25, 0.3) is 0 Å². The molecule has 3 aromatic rings. The molecule has 0 saturated heterocycles. The third-order valence-electron chi connectivity index (χ3n) is 4.11. The van der Waals surface area contributed by atoms with Crippen molar-refractivity contribution in [2.24, 2.45) is 0 Å². The van der Waals surface area contributed by atoms with Crippen LogP contribution in [0.3, 0.4) is 0 Å². The fourth-order valence-electron chi connectivity index (χ4n) is 2.92. The first-order valence-corrected chi connectivity index (χ1v) is 9.66. The van der Waals surface area contributed by atoms with Crippen LogP contribution in [-0.4, -0.2) is 27.2 Å². The van der Waals surface area contributed by atoms with Crippen LogP contribution >= 0.6 is 23.1 Å². The minimum atomic E-state index is -1.07. The summed E-state index contributed by atoms with van der Waals surface area (Å²) in [5.41, 5.74) is 0.568. The number of carboxylic acid groups (broad SMARTS) is 1. The molecule has 0 bridgehead atoms. The number of carbonyl (C=O) groups is 2. The topological polar surface area (TPSA) is 70.5 Å². The molecule has 0 saturated carbocycles. The SMILES string of the molecule is O=C(O)CC1Sc2ccccc2N(Cc2nc3c(F)ccc(F)c3s2)C1=O. The van der Waals surface area contributed by atoms with Gasteiger partial charge >= 0.3 is 5.97 Å². The molecule has 1 aliphatic heterocycles. The zero-order chi connectivity index (χ0) is 19.1. The van der Waals surface area contributed by atoms with Gasteiger partial charge < -0.3 is 10.0 Å². The summed E-state index contributed by atoms with van der Waals surface area (Å²) in [6.07, 6.45) is -0.308. The quantitative estimate of drug-likeness (QED) is 0.708. The first-order valence-electron chi connectivity index (χ1n) is 7.96. The molecule has 1 N–H and O–H groups in total. The van der Waals surface area contributed by atoms with Gasteiger partial charge in [0.15, 0.2) is 5.82 Å². The summed E-state index contributed by atoms with van der Waals surface area (Å²) in [5.74, 6) is -2.62. The Morgan fingerprint density at radius 3 is 2.67 bits per heavy atom. The number of aromatic nitrogens is 1. The van der Waals surface area contributed by atoms with Crippen LogP contribution in [0.2, 0.25) is 0 Å². The zero-order valence-corrected chi connectivity index (χ0v) is 15.3. The molecule has 0 fully saturated rings. The van der Waals surface area contributed by atoms with Crippen LogP contribution in [-0.2, 0) is 16.1 Å². The number of halogens is 2. The summed E-state index contributed by atoms with van der Waals surface area (Å²) in [4.78, 5) is 30.3. The number of benzene rings is 2. The Kier molecular flexibility index (Phi) is 4.56. The second-order valence-electron chi connectivity index (χ2n) is 5.91. The number of aliphatic carboxylic acids is 1. The van der Waals surface area contributed by atoms with Crippen LogP contribution in [0.15, 0.2) is 41.3 Å². The van der Waals surface area contributed by atoms with E-state index in [-0.39, 0.29) is 29.1 Å². The number of nitrogens with zero attached hydrogens (tertiary/aromatic N) is 2. The van der Waals surface area contributed by atoms with Crippen LogP contribution in [0.5, 0.6) is 0 Å². The van der Waals surface area contributed by atoms with Crippen LogP contribution in [0, 0.1) is 11.6 Å². The summed E-state index contributed by atoms with van der Waals surface area (Å²) in [6.45, 7) is 0.0186. The highest BCUT2D eigenvalue weighted by Crippen LogP contribution is 2.41. The Morgan fingerprint density at radius 1 is 1.19 bits per heavy atom. The zero-order valence-electron chi connectivity index (χ0n) is 13.7. The molecule has 1 atom stereocenters. The van der Waals surface area contributed by atoms with Crippen molar-refractivity contribution in [2.45, 2.75) is 23.1 Å². The summed E-state index contributed by atoms with van der Waals surface area (Å²) < 4.78 is 27.9. The van der Waals surface area contributed by atoms with Gasteiger partial charge in [-0.3, -0.25) is 9.59 Å². The summed E-state index contributed by atoms with van der Waals surface area (Å²) >= 11 is 2.19. The average Bonchev–Trinajstić information content (AvgIpc) is 3.07. The maximum atomic E-state index is 13.9. The van der Waals surface area contributed by atoms with E-state index >= 15 is 0 Å². The second kappa shape index (κ2) is 6.90. The number of hydrogen-bond donors (Lipinski definition) is 1. The number of fused-ring (bicyclic) bond motifs is 2. The van der Waals surface area contributed by atoms with Crippen molar-refractivity contribution in [1.82, 2.24) is 4.98 Å². The largest absolute Gasteiger partial charge is 0.481 e. The van der Waals surface area contributed by atoms with Crippen LogP contribution in [0.4, 0.5) is 14.5 Å². The van der Waals surface area contributed by atoms with Crippen molar-refractivity contribution in [3.05, 3.63) is 53.0 Å².